The van der Waals surface area contributed by atoms with Crippen molar-refractivity contribution in [1.29, 1.82) is 0 Å². The van der Waals surface area contributed by atoms with Gasteiger partial charge < -0.3 is 14.2 Å². The summed E-state index contributed by atoms with van der Waals surface area (Å²) >= 11 is 0. The highest BCUT2D eigenvalue weighted by molar-refractivity contribution is 6.26. The van der Waals surface area contributed by atoms with Gasteiger partial charge in [-0.2, -0.15) is 0 Å². The van der Waals surface area contributed by atoms with E-state index in [0.717, 1.165) is 11.8 Å². The second kappa shape index (κ2) is 5.54. The van der Waals surface area contributed by atoms with Crippen LogP contribution in [0.4, 0.5) is 0 Å². The van der Waals surface area contributed by atoms with Crippen LogP contribution in [0.15, 0.2) is 47.7 Å². The summed E-state index contributed by atoms with van der Waals surface area (Å²) in [5.41, 5.74) is 2.13. The first kappa shape index (κ1) is 15.8. The Hall–Kier alpha value is -3.41. The van der Waals surface area contributed by atoms with Gasteiger partial charge in [0.1, 0.15) is 12.4 Å². The number of hydrogen-bond acceptors (Lipinski definition) is 6. The number of Topliss-reactive ketones (excluding diaryl/α,β-unsaturated/α-hetero) is 2. The lowest BCUT2D eigenvalue weighted by Gasteiger charge is -2.31. The summed E-state index contributed by atoms with van der Waals surface area (Å²) < 4.78 is 17.2. The molecule has 0 N–H and O–H groups in total. The van der Waals surface area contributed by atoms with Crippen molar-refractivity contribution < 1.29 is 28.6 Å². The quantitative estimate of drug-likeness (QED) is 0.765. The zero-order chi connectivity index (χ0) is 18.7. The van der Waals surface area contributed by atoms with Crippen LogP contribution in [0, 0.1) is 0 Å². The second-order valence-corrected chi connectivity index (χ2v) is 6.66. The Kier molecular flexibility index (Phi) is 3.25. The molecular weight excluding hydrogens is 348 g/mol. The SMILES string of the molecule is COc1cc(C=O)cc2c1O[C@H]1C3=C(OC[C@@H]21)C(=O)c1ccccc1C3=O. The number of methoxy groups -OCH3 is 1. The Morgan fingerprint density at radius 1 is 1.11 bits per heavy atom. The molecule has 1 aliphatic carbocycles. The molecule has 0 unspecified atom stereocenters. The molecule has 0 saturated heterocycles. The minimum Gasteiger partial charge on any atom is -0.493 e. The van der Waals surface area contributed by atoms with Crippen molar-refractivity contribution in [3.8, 4) is 11.5 Å². The van der Waals surface area contributed by atoms with Crippen LogP contribution in [-0.2, 0) is 4.74 Å². The number of allylic oxidation sites excluding steroid dienone is 1. The molecule has 2 aliphatic heterocycles. The maximum absolute atomic E-state index is 13.1. The highest BCUT2D eigenvalue weighted by Crippen LogP contribution is 2.50. The van der Waals surface area contributed by atoms with Gasteiger partial charge in [-0.05, 0) is 12.1 Å². The van der Waals surface area contributed by atoms with E-state index >= 15 is 0 Å². The molecule has 5 rings (SSSR count). The van der Waals surface area contributed by atoms with E-state index in [-0.39, 0.29) is 35.4 Å². The third kappa shape index (κ3) is 2.04. The third-order valence-electron chi connectivity index (χ3n) is 5.28. The number of carbonyl (C=O) groups is 3. The largest absolute Gasteiger partial charge is 0.493 e. The van der Waals surface area contributed by atoms with Crippen LogP contribution in [0.5, 0.6) is 11.5 Å². The number of rotatable bonds is 2. The predicted octanol–water partition coefficient (Wildman–Crippen LogP) is 2.72. The number of carbonyl (C=O) groups excluding carboxylic acids is 3. The van der Waals surface area contributed by atoms with Crippen LogP contribution in [0.1, 0.15) is 42.6 Å². The van der Waals surface area contributed by atoms with Gasteiger partial charge in [0.2, 0.25) is 5.78 Å². The lowest BCUT2D eigenvalue weighted by atomic mass is 9.79. The van der Waals surface area contributed by atoms with Gasteiger partial charge in [0.15, 0.2) is 23.0 Å². The Balaban J connectivity index is 1.66. The molecule has 2 aromatic carbocycles. The van der Waals surface area contributed by atoms with Crippen molar-refractivity contribution in [2.45, 2.75) is 12.0 Å². The molecule has 0 radical (unpaired) electrons. The van der Waals surface area contributed by atoms with Gasteiger partial charge in [-0.25, -0.2) is 0 Å². The average molecular weight is 362 g/mol. The van der Waals surface area contributed by atoms with Crippen molar-refractivity contribution >= 4 is 17.9 Å². The van der Waals surface area contributed by atoms with E-state index in [9.17, 15) is 14.4 Å². The monoisotopic (exact) mass is 362 g/mol. The molecule has 134 valence electrons. The highest BCUT2D eigenvalue weighted by Gasteiger charge is 2.49. The average Bonchev–Trinajstić information content (AvgIpc) is 3.09. The summed E-state index contributed by atoms with van der Waals surface area (Å²) in [4.78, 5) is 37.2. The molecule has 6 nitrogen and oxygen atoms in total. The molecule has 0 amide bonds. The van der Waals surface area contributed by atoms with E-state index in [4.69, 9.17) is 14.2 Å². The summed E-state index contributed by atoms with van der Waals surface area (Å²) in [6.07, 6.45) is 0.0834. The molecule has 0 spiro atoms. The summed E-state index contributed by atoms with van der Waals surface area (Å²) in [5, 5.41) is 0. The summed E-state index contributed by atoms with van der Waals surface area (Å²) in [7, 11) is 1.49. The van der Waals surface area contributed by atoms with Gasteiger partial charge in [0.05, 0.1) is 25.2 Å². The fourth-order valence-corrected chi connectivity index (χ4v) is 4.02. The predicted molar refractivity (Wildman–Crippen MR) is 93.6 cm³/mol. The van der Waals surface area contributed by atoms with E-state index in [1.54, 1.807) is 36.4 Å². The van der Waals surface area contributed by atoms with Crippen molar-refractivity contribution in [2.24, 2.45) is 0 Å². The van der Waals surface area contributed by atoms with Gasteiger partial charge in [-0.1, -0.05) is 24.3 Å². The minimum atomic E-state index is -0.649. The first-order valence-electron chi connectivity index (χ1n) is 8.53. The minimum absolute atomic E-state index is 0.0577. The first-order valence-corrected chi connectivity index (χ1v) is 8.53. The molecule has 2 aromatic rings. The molecule has 6 heteroatoms. The fraction of sp³-hybridized carbons (Fsp3) is 0.190. The zero-order valence-corrected chi connectivity index (χ0v) is 14.4. The molecular formula is C21H14O6. The Morgan fingerprint density at radius 3 is 2.56 bits per heavy atom. The van der Waals surface area contributed by atoms with E-state index in [0.29, 0.717) is 28.2 Å². The summed E-state index contributed by atoms with van der Waals surface area (Å²) in [6.45, 7) is 0.184. The van der Waals surface area contributed by atoms with Crippen molar-refractivity contribution in [3.63, 3.8) is 0 Å². The molecule has 0 fully saturated rings. The van der Waals surface area contributed by atoms with Gasteiger partial charge >= 0.3 is 0 Å². The number of aldehydes is 1. The number of hydrogen-bond donors (Lipinski definition) is 0. The van der Waals surface area contributed by atoms with Crippen LogP contribution in [0.3, 0.4) is 0 Å². The number of benzene rings is 2. The van der Waals surface area contributed by atoms with Crippen LogP contribution in [-0.4, -0.2) is 37.7 Å². The van der Waals surface area contributed by atoms with Gasteiger partial charge in [0, 0.05) is 22.3 Å². The van der Waals surface area contributed by atoms with E-state index in [1.165, 1.54) is 7.11 Å². The fourth-order valence-electron chi connectivity index (χ4n) is 4.02. The molecule has 0 bridgehead atoms. The topological polar surface area (TPSA) is 78.9 Å². The molecule has 2 heterocycles. The molecule has 27 heavy (non-hydrogen) atoms. The maximum atomic E-state index is 13.1. The summed E-state index contributed by atoms with van der Waals surface area (Å²) in [5.74, 6) is 0.0867. The standard InChI is InChI=1S/C21H14O6/c1-25-15-7-10(8-22)6-13-14-9-26-21-16(20(14)27-19(13)15)17(23)11-4-2-3-5-12(11)18(21)24/h2-8,14,20H,9H2,1H3/t14-,20+/m0/s1. The Labute approximate surface area is 154 Å². The Morgan fingerprint density at radius 2 is 1.85 bits per heavy atom. The van der Waals surface area contributed by atoms with Gasteiger partial charge in [-0.15, -0.1) is 0 Å². The smallest absolute Gasteiger partial charge is 0.228 e. The molecule has 3 aliphatic rings. The number of ether oxygens (including phenoxy) is 3. The van der Waals surface area contributed by atoms with Crippen LogP contribution in [0.2, 0.25) is 0 Å². The van der Waals surface area contributed by atoms with E-state index in [1.807, 2.05) is 0 Å². The molecule has 0 saturated carbocycles. The van der Waals surface area contributed by atoms with E-state index < -0.39 is 6.10 Å². The third-order valence-corrected chi connectivity index (χ3v) is 5.28. The van der Waals surface area contributed by atoms with Gasteiger partial charge in [0.25, 0.3) is 0 Å². The molecule has 2 atom stereocenters. The Bertz CT molecular complexity index is 1060. The number of ketones is 2. The second-order valence-electron chi connectivity index (χ2n) is 6.66. The lowest BCUT2D eigenvalue weighted by molar-refractivity contribution is 0.0695. The first-order chi connectivity index (χ1) is 13.1. The normalized spacial score (nSPS) is 22.1. The van der Waals surface area contributed by atoms with E-state index in [2.05, 4.69) is 0 Å². The van der Waals surface area contributed by atoms with Crippen molar-refractivity contribution in [1.82, 2.24) is 0 Å². The highest BCUT2D eigenvalue weighted by atomic mass is 16.5. The number of fused-ring (bicyclic) bond motifs is 5. The van der Waals surface area contributed by atoms with Crippen LogP contribution < -0.4 is 9.47 Å². The lowest BCUT2D eigenvalue weighted by Crippen LogP contribution is -2.39. The van der Waals surface area contributed by atoms with Crippen LogP contribution in [0.25, 0.3) is 0 Å². The van der Waals surface area contributed by atoms with Gasteiger partial charge in [-0.3, -0.25) is 14.4 Å². The zero-order valence-electron chi connectivity index (χ0n) is 14.4. The summed E-state index contributed by atoms with van der Waals surface area (Å²) in [6, 6.07) is 10.00. The van der Waals surface area contributed by atoms with Crippen molar-refractivity contribution in [2.75, 3.05) is 13.7 Å². The molecule has 0 aromatic heterocycles. The van der Waals surface area contributed by atoms with Crippen LogP contribution >= 0.6 is 0 Å². The maximum Gasteiger partial charge on any atom is 0.228 e. The van der Waals surface area contributed by atoms with Crippen molar-refractivity contribution in [3.05, 3.63) is 70.0 Å².